The molecule has 1 saturated heterocycles. The number of nitrogens with one attached hydrogen (secondary N) is 2. The van der Waals surface area contributed by atoms with E-state index in [1.54, 1.807) is 13.2 Å². The van der Waals surface area contributed by atoms with Crippen molar-refractivity contribution in [2.75, 3.05) is 31.6 Å². The van der Waals surface area contributed by atoms with Gasteiger partial charge in [0.15, 0.2) is 5.96 Å². The molecule has 1 unspecified atom stereocenters. The summed E-state index contributed by atoms with van der Waals surface area (Å²) < 4.78 is 5.11. The molecular weight excluding hydrogens is 342 g/mol. The predicted molar refractivity (Wildman–Crippen MR) is 100 cm³/mol. The van der Waals surface area contributed by atoms with Crippen molar-refractivity contribution in [2.45, 2.75) is 38.8 Å². The van der Waals surface area contributed by atoms with Crippen LogP contribution >= 0.6 is 11.6 Å². The Bertz CT molecular complexity index is 608. The maximum absolute atomic E-state index is 11.6. The van der Waals surface area contributed by atoms with Crippen molar-refractivity contribution in [3.63, 3.8) is 0 Å². The summed E-state index contributed by atoms with van der Waals surface area (Å²) in [6.45, 7) is 5.84. The summed E-state index contributed by atoms with van der Waals surface area (Å²) in [6.07, 6.45) is 2.92. The van der Waals surface area contributed by atoms with Crippen molar-refractivity contribution in [1.82, 2.24) is 15.6 Å². The van der Waals surface area contributed by atoms with E-state index < -0.39 is 0 Å². The number of aliphatic imine (C=N–C) groups is 1. The van der Waals surface area contributed by atoms with Crippen LogP contribution in [0.1, 0.15) is 26.7 Å². The lowest BCUT2D eigenvalue weighted by Crippen LogP contribution is -2.45. The summed E-state index contributed by atoms with van der Waals surface area (Å²) >= 11 is 6.21. The summed E-state index contributed by atoms with van der Waals surface area (Å²) in [5.74, 6) is 1.28. The number of carbonyl (C=O) groups excluding carboxylic acids is 1. The first-order valence-corrected chi connectivity index (χ1v) is 8.89. The summed E-state index contributed by atoms with van der Waals surface area (Å²) in [5.41, 5.74) is 0. The first kappa shape index (κ1) is 19.3. The van der Waals surface area contributed by atoms with E-state index in [9.17, 15) is 4.79 Å². The number of aromatic nitrogens is 1. The number of ether oxygens (including phenoxy) is 1. The van der Waals surface area contributed by atoms with Gasteiger partial charge in [0.05, 0.1) is 17.5 Å². The Kier molecular flexibility index (Phi) is 7.31. The van der Waals surface area contributed by atoms with Gasteiger partial charge >= 0.3 is 5.97 Å². The third-order valence-corrected chi connectivity index (χ3v) is 4.08. The Hall–Kier alpha value is -2.02. The normalized spacial score (nSPS) is 17.7. The maximum Gasteiger partial charge on any atom is 0.307 e. The maximum atomic E-state index is 11.6. The monoisotopic (exact) mass is 367 g/mol. The van der Waals surface area contributed by atoms with Crippen molar-refractivity contribution >= 4 is 29.3 Å². The highest BCUT2D eigenvalue weighted by Gasteiger charge is 2.25. The third-order valence-electron chi connectivity index (χ3n) is 3.78. The van der Waals surface area contributed by atoms with Crippen LogP contribution in [0.3, 0.4) is 0 Å². The Labute approximate surface area is 153 Å². The van der Waals surface area contributed by atoms with E-state index in [1.165, 1.54) is 0 Å². The molecule has 0 saturated carbocycles. The molecule has 1 aliphatic heterocycles. The number of nitrogens with zero attached hydrogens (tertiary/aromatic N) is 3. The van der Waals surface area contributed by atoms with Gasteiger partial charge in [-0.25, -0.2) is 4.98 Å². The SMILES string of the molecule is CN=C(NCCC(=O)OC(C)C)NC1CCN(c2ncccc2Cl)C1. The van der Waals surface area contributed by atoms with Gasteiger partial charge in [0.2, 0.25) is 0 Å². The quantitative estimate of drug-likeness (QED) is 0.453. The minimum absolute atomic E-state index is 0.0900. The van der Waals surface area contributed by atoms with Crippen molar-refractivity contribution in [3.8, 4) is 0 Å². The van der Waals surface area contributed by atoms with E-state index in [2.05, 4.69) is 25.5 Å². The van der Waals surface area contributed by atoms with E-state index in [0.717, 1.165) is 25.3 Å². The zero-order chi connectivity index (χ0) is 18.2. The fraction of sp³-hybridized carbons (Fsp3) is 0.588. The Balaban J connectivity index is 1.77. The molecule has 1 aliphatic rings. The van der Waals surface area contributed by atoms with Gasteiger partial charge in [-0.05, 0) is 32.4 Å². The number of anilines is 1. The van der Waals surface area contributed by atoms with Gasteiger partial charge in [0.25, 0.3) is 0 Å². The smallest absolute Gasteiger partial charge is 0.307 e. The molecule has 0 amide bonds. The molecule has 2 N–H and O–H groups in total. The number of pyridine rings is 1. The van der Waals surface area contributed by atoms with Gasteiger partial charge in [0.1, 0.15) is 5.82 Å². The summed E-state index contributed by atoms with van der Waals surface area (Å²) in [5, 5.41) is 7.18. The number of carbonyl (C=O) groups is 1. The van der Waals surface area contributed by atoms with E-state index in [4.69, 9.17) is 16.3 Å². The fourth-order valence-electron chi connectivity index (χ4n) is 2.67. The molecule has 2 heterocycles. The van der Waals surface area contributed by atoms with E-state index in [-0.39, 0.29) is 18.1 Å². The number of esters is 1. The third kappa shape index (κ3) is 6.08. The minimum atomic E-state index is -0.213. The Morgan fingerprint density at radius 1 is 1.56 bits per heavy atom. The van der Waals surface area contributed by atoms with Crippen LogP contribution in [0.15, 0.2) is 23.3 Å². The summed E-state index contributed by atoms with van der Waals surface area (Å²) in [4.78, 5) is 22.3. The average Bonchev–Trinajstić information content (AvgIpc) is 3.02. The minimum Gasteiger partial charge on any atom is -0.463 e. The molecule has 0 radical (unpaired) electrons. The van der Waals surface area contributed by atoms with Crippen LogP contribution in [-0.2, 0) is 9.53 Å². The standard InChI is InChI=1S/C17H26ClN5O2/c1-12(2)25-15(24)6-9-21-17(19-3)22-13-7-10-23(11-13)16-14(18)5-4-8-20-16/h4-5,8,12-13H,6-7,9-11H2,1-3H3,(H2,19,21,22). The molecule has 1 aromatic rings. The van der Waals surface area contributed by atoms with Gasteiger partial charge < -0.3 is 20.3 Å². The summed E-state index contributed by atoms with van der Waals surface area (Å²) in [6, 6.07) is 3.92. The van der Waals surface area contributed by atoms with Crippen LogP contribution in [-0.4, -0.2) is 55.7 Å². The Morgan fingerprint density at radius 2 is 2.36 bits per heavy atom. The molecule has 0 aromatic carbocycles. The van der Waals surface area contributed by atoms with Crippen LogP contribution in [0.5, 0.6) is 0 Å². The van der Waals surface area contributed by atoms with Crippen LogP contribution in [0.25, 0.3) is 0 Å². The van der Waals surface area contributed by atoms with Gasteiger partial charge in [-0.2, -0.15) is 0 Å². The zero-order valence-corrected chi connectivity index (χ0v) is 15.7. The molecule has 138 valence electrons. The zero-order valence-electron chi connectivity index (χ0n) is 15.0. The number of rotatable bonds is 6. The molecule has 2 rings (SSSR count). The Morgan fingerprint density at radius 3 is 3.04 bits per heavy atom. The van der Waals surface area contributed by atoms with Gasteiger partial charge in [-0.3, -0.25) is 9.79 Å². The van der Waals surface area contributed by atoms with Crippen LogP contribution in [0, 0.1) is 0 Å². The first-order valence-electron chi connectivity index (χ1n) is 8.51. The summed E-state index contributed by atoms with van der Waals surface area (Å²) in [7, 11) is 1.71. The first-order chi connectivity index (χ1) is 12.0. The molecule has 1 fully saturated rings. The molecule has 1 atom stereocenters. The largest absolute Gasteiger partial charge is 0.463 e. The molecule has 0 spiro atoms. The highest BCUT2D eigenvalue weighted by atomic mass is 35.5. The second kappa shape index (κ2) is 9.46. The van der Waals surface area contributed by atoms with Crippen molar-refractivity contribution < 1.29 is 9.53 Å². The second-order valence-corrected chi connectivity index (χ2v) is 6.58. The molecule has 1 aromatic heterocycles. The second-order valence-electron chi connectivity index (χ2n) is 6.17. The van der Waals surface area contributed by atoms with Crippen molar-refractivity contribution in [1.29, 1.82) is 0 Å². The van der Waals surface area contributed by atoms with E-state index in [1.807, 2.05) is 26.0 Å². The van der Waals surface area contributed by atoms with Crippen LogP contribution in [0.2, 0.25) is 5.02 Å². The van der Waals surface area contributed by atoms with Crippen molar-refractivity contribution in [3.05, 3.63) is 23.4 Å². The molecule has 0 aliphatic carbocycles. The molecule has 8 heteroatoms. The highest BCUT2D eigenvalue weighted by Crippen LogP contribution is 2.25. The number of hydrogen-bond acceptors (Lipinski definition) is 5. The van der Waals surface area contributed by atoms with E-state index in [0.29, 0.717) is 23.9 Å². The lowest BCUT2D eigenvalue weighted by molar-refractivity contribution is -0.147. The molecule has 7 nitrogen and oxygen atoms in total. The van der Waals surface area contributed by atoms with Gasteiger partial charge in [-0.15, -0.1) is 0 Å². The topological polar surface area (TPSA) is 78.8 Å². The van der Waals surface area contributed by atoms with Crippen LogP contribution in [0.4, 0.5) is 5.82 Å². The number of halogens is 1. The van der Waals surface area contributed by atoms with Crippen LogP contribution < -0.4 is 15.5 Å². The molecule has 0 bridgehead atoms. The number of guanidine groups is 1. The van der Waals surface area contributed by atoms with Gasteiger partial charge in [-0.1, -0.05) is 11.6 Å². The average molecular weight is 368 g/mol. The molecule has 25 heavy (non-hydrogen) atoms. The molecular formula is C17H26ClN5O2. The number of hydrogen-bond donors (Lipinski definition) is 2. The predicted octanol–water partition coefficient (Wildman–Crippen LogP) is 1.82. The van der Waals surface area contributed by atoms with Gasteiger partial charge in [0, 0.05) is 38.9 Å². The fourth-order valence-corrected chi connectivity index (χ4v) is 2.91. The van der Waals surface area contributed by atoms with E-state index >= 15 is 0 Å². The lowest BCUT2D eigenvalue weighted by atomic mass is 10.3. The lowest BCUT2D eigenvalue weighted by Gasteiger charge is -2.20. The highest BCUT2D eigenvalue weighted by molar-refractivity contribution is 6.32. The van der Waals surface area contributed by atoms with Crippen molar-refractivity contribution in [2.24, 2.45) is 4.99 Å².